The van der Waals surface area contributed by atoms with E-state index in [2.05, 4.69) is 20.9 Å². The van der Waals surface area contributed by atoms with Crippen LogP contribution in [0.4, 0.5) is 5.82 Å². The molecule has 1 heterocycles. The molecule has 0 unspecified atom stereocenters. The molecule has 3 nitrogen and oxygen atoms in total. The zero-order valence-corrected chi connectivity index (χ0v) is 7.80. The molecule has 4 N–H and O–H groups in total. The van der Waals surface area contributed by atoms with E-state index < -0.39 is 0 Å². The van der Waals surface area contributed by atoms with E-state index in [-0.39, 0.29) is 6.04 Å². The number of nitrogens with zero attached hydrogens (tertiary/aromatic N) is 1. The molecule has 0 saturated heterocycles. The van der Waals surface area contributed by atoms with Crippen molar-refractivity contribution in [1.29, 1.82) is 0 Å². The summed E-state index contributed by atoms with van der Waals surface area (Å²) in [6, 6.07) is 1.81. The lowest BCUT2D eigenvalue weighted by Gasteiger charge is -2.07. The van der Waals surface area contributed by atoms with Crippen LogP contribution < -0.4 is 11.5 Å². The summed E-state index contributed by atoms with van der Waals surface area (Å²) in [4.78, 5) is 3.95. The van der Waals surface area contributed by atoms with Gasteiger partial charge < -0.3 is 11.5 Å². The number of nitrogen functional groups attached to an aromatic ring is 1. The van der Waals surface area contributed by atoms with Crippen LogP contribution in [0.2, 0.25) is 0 Å². The summed E-state index contributed by atoms with van der Waals surface area (Å²) in [5.74, 6) is 0.503. The van der Waals surface area contributed by atoms with Crippen LogP contribution in [0.5, 0.6) is 0 Å². The van der Waals surface area contributed by atoms with E-state index in [1.807, 2.05) is 13.0 Å². The monoisotopic (exact) mass is 215 g/mol. The number of rotatable bonds is 1. The molecule has 0 aliphatic carbocycles. The third-order valence-electron chi connectivity index (χ3n) is 1.41. The Labute approximate surface area is 73.9 Å². The molecule has 11 heavy (non-hydrogen) atoms. The van der Waals surface area contributed by atoms with Crippen molar-refractivity contribution >= 4 is 21.7 Å². The Bertz CT molecular complexity index is 260. The van der Waals surface area contributed by atoms with Crippen LogP contribution in [0, 0.1) is 0 Å². The first kappa shape index (κ1) is 8.49. The minimum Gasteiger partial charge on any atom is -0.383 e. The van der Waals surface area contributed by atoms with Gasteiger partial charge in [0.05, 0.1) is 0 Å². The van der Waals surface area contributed by atoms with Crippen LogP contribution in [-0.2, 0) is 0 Å². The Morgan fingerprint density at radius 1 is 1.64 bits per heavy atom. The van der Waals surface area contributed by atoms with Gasteiger partial charge in [0, 0.05) is 22.3 Å². The lowest BCUT2D eigenvalue weighted by atomic mass is 10.1. The average Bonchev–Trinajstić information content (AvgIpc) is 1.94. The van der Waals surface area contributed by atoms with E-state index >= 15 is 0 Å². The first-order valence-electron chi connectivity index (χ1n) is 3.27. The second-order valence-electron chi connectivity index (χ2n) is 2.42. The van der Waals surface area contributed by atoms with Crippen molar-refractivity contribution in [2.24, 2.45) is 5.73 Å². The highest BCUT2D eigenvalue weighted by Gasteiger charge is 2.04. The fourth-order valence-corrected chi connectivity index (χ4v) is 1.18. The molecule has 4 heteroatoms. The first-order chi connectivity index (χ1) is 5.11. The molecule has 0 saturated carbocycles. The minimum atomic E-state index is -0.0694. The average molecular weight is 216 g/mol. The predicted molar refractivity (Wildman–Crippen MR) is 49.0 cm³/mol. The van der Waals surface area contributed by atoms with Gasteiger partial charge in [0.2, 0.25) is 0 Å². The molecule has 60 valence electrons. The van der Waals surface area contributed by atoms with Gasteiger partial charge in [0.1, 0.15) is 5.82 Å². The highest BCUT2D eigenvalue weighted by Crippen LogP contribution is 2.19. The van der Waals surface area contributed by atoms with Gasteiger partial charge in [-0.25, -0.2) is 4.98 Å². The summed E-state index contributed by atoms with van der Waals surface area (Å²) >= 11 is 3.29. The molecule has 0 bridgehead atoms. The van der Waals surface area contributed by atoms with Crippen LogP contribution in [0.25, 0.3) is 0 Å². The molecular weight excluding hydrogens is 206 g/mol. The maximum atomic E-state index is 5.64. The largest absolute Gasteiger partial charge is 0.383 e. The second-order valence-corrected chi connectivity index (χ2v) is 3.33. The topological polar surface area (TPSA) is 64.9 Å². The standard InChI is InChI=1S/C7H10BrN3/c1-4(9)6-2-5(8)3-11-7(6)10/h2-4H,9H2,1H3,(H2,10,11)/t4-/m1/s1. The number of anilines is 1. The van der Waals surface area contributed by atoms with E-state index in [1.165, 1.54) is 0 Å². The molecule has 0 aliphatic rings. The third-order valence-corrected chi connectivity index (χ3v) is 1.84. The summed E-state index contributed by atoms with van der Waals surface area (Å²) in [5, 5.41) is 0. The van der Waals surface area contributed by atoms with Crippen LogP contribution >= 0.6 is 15.9 Å². The number of hydrogen-bond donors (Lipinski definition) is 2. The maximum Gasteiger partial charge on any atom is 0.128 e. The first-order valence-corrected chi connectivity index (χ1v) is 4.07. The van der Waals surface area contributed by atoms with Crippen molar-refractivity contribution in [1.82, 2.24) is 4.98 Å². The van der Waals surface area contributed by atoms with E-state index in [0.717, 1.165) is 10.0 Å². The van der Waals surface area contributed by atoms with Crippen LogP contribution in [0.15, 0.2) is 16.7 Å². The highest BCUT2D eigenvalue weighted by atomic mass is 79.9. The number of aromatic nitrogens is 1. The van der Waals surface area contributed by atoms with E-state index in [1.54, 1.807) is 6.20 Å². The zero-order chi connectivity index (χ0) is 8.43. The smallest absolute Gasteiger partial charge is 0.128 e. The van der Waals surface area contributed by atoms with Gasteiger partial charge in [0.25, 0.3) is 0 Å². The van der Waals surface area contributed by atoms with E-state index in [9.17, 15) is 0 Å². The fraction of sp³-hybridized carbons (Fsp3) is 0.286. The molecule has 0 spiro atoms. The molecule has 1 aromatic heterocycles. The van der Waals surface area contributed by atoms with Crippen molar-refractivity contribution < 1.29 is 0 Å². The molecule has 0 amide bonds. The third kappa shape index (κ3) is 1.91. The lowest BCUT2D eigenvalue weighted by Crippen LogP contribution is -2.09. The Balaban J connectivity index is 3.13. The highest BCUT2D eigenvalue weighted by molar-refractivity contribution is 9.10. The predicted octanol–water partition coefficient (Wildman–Crippen LogP) is 1.45. The van der Waals surface area contributed by atoms with Crippen LogP contribution in [-0.4, -0.2) is 4.98 Å². The SMILES string of the molecule is C[C@@H](N)c1cc(Br)cnc1N. The minimum absolute atomic E-state index is 0.0694. The van der Waals surface area contributed by atoms with Crippen molar-refractivity contribution in [2.45, 2.75) is 13.0 Å². The van der Waals surface area contributed by atoms with Gasteiger partial charge in [-0.05, 0) is 28.9 Å². The molecule has 0 fully saturated rings. The Morgan fingerprint density at radius 2 is 2.27 bits per heavy atom. The quantitative estimate of drug-likeness (QED) is 0.746. The van der Waals surface area contributed by atoms with Crippen molar-refractivity contribution in [2.75, 3.05) is 5.73 Å². The lowest BCUT2D eigenvalue weighted by molar-refractivity contribution is 0.815. The summed E-state index contributed by atoms with van der Waals surface area (Å²) in [6.45, 7) is 1.87. The zero-order valence-electron chi connectivity index (χ0n) is 6.21. The number of nitrogens with two attached hydrogens (primary N) is 2. The number of pyridine rings is 1. The van der Waals surface area contributed by atoms with E-state index in [0.29, 0.717) is 5.82 Å². The molecular formula is C7H10BrN3. The van der Waals surface area contributed by atoms with Gasteiger partial charge in [-0.15, -0.1) is 0 Å². The van der Waals surface area contributed by atoms with Crippen LogP contribution in [0.3, 0.4) is 0 Å². The molecule has 1 aromatic rings. The van der Waals surface area contributed by atoms with Gasteiger partial charge in [-0.2, -0.15) is 0 Å². The molecule has 0 radical (unpaired) electrons. The summed E-state index contributed by atoms with van der Waals surface area (Å²) in [6.07, 6.45) is 1.65. The van der Waals surface area contributed by atoms with Gasteiger partial charge in [-0.1, -0.05) is 0 Å². The number of halogens is 1. The molecule has 1 rings (SSSR count). The summed E-state index contributed by atoms with van der Waals surface area (Å²) in [7, 11) is 0. The normalized spacial score (nSPS) is 13.0. The van der Waals surface area contributed by atoms with Gasteiger partial charge in [0.15, 0.2) is 0 Å². The molecule has 0 aliphatic heterocycles. The van der Waals surface area contributed by atoms with Crippen molar-refractivity contribution in [3.63, 3.8) is 0 Å². The number of hydrogen-bond acceptors (Lipinski definition) is 3. The molecule has 0 aromatic carbocycles. The van der Waals surface area contributed by atoms with Crippen LogP contribution in [0.1, 0.15) is 18.5 Å². The Kier molecular flexibility index (Phi) is 2.46. The maximum absolute atomic E-state index is 5.64. The molecule has 1 atom stereocenters. The van der Waals surface area contributed by atoms with Crippen molar-refractivity contribution in [3.05, 3.63) is 22.3 Å². The second kappa shape index (κ2) is 3.19. The van der Waals surface area contributed by atoms with Gasteiger partial charge >= 0.3 is 0 Å². The van der Waals surface area contributed by atoms with Crippen molar-refractivity contribution in [3.8, 4) is 0 Å². The summed E-state index contributed by atoms with van der Waals surface area (Å²) in [5.41, 5.74) is 12.1. The fourth-order valence-electron chi connectivity index (χ4n) is 0.830. The Morgan fingerprint density at radius 3 is 2.73 bits per heavy atom. The summed E-state index contributed by atoms with van der Waals surface area (Å²) < 4.78 is 0.902. The Hall–Kier alpha value is -0.610. The van der Waals surface area contributed by atoms with Gasteiger partial charge in [-0.3, -0.25) is 0 Å². The van der Waals surface area contributed by atoms with E-state index in [4.69, 9.17) is 11.5 Å².